The van der Waals surface area contributed by atoms with Gasteiger partial charge >= 0.3 is 5.76 Å². The molecule has 0 spiro atoms. The summed E-state index contributed by atoms with van der Waals surface area (Å²) >= 11 is 0. The number of primary amides is 1. The van der Waals surface area contributed by atoms with E-state index in [-0.39, 0.29) is 5.76 Å². The number of nitrogens with zero attached hydrogens (tertiary/aromatic N) is 2. The molecule has 2 heterocycles. The molecule has 1 aliphatic rings. The zero-order chi connectivity index (χ0) is 17.3. The summed E-state index contributed by atoms with van der Waals surface area (Å²) in [6.07, 6.45) is 1.36. The molecule has 0 aliphatic carbocycles. The maximum absolute atomic E-state index is 14.4. The average Bonchev–Trinajstić information content (AvgIpc) is 2.96. The molecule has 1 amide bonds. The molecule has 2 N–H and O–H groups in total. The third kappa shape index (κ3) is 3.05. The van der Waals surface area contributed by atoms with Gasteiger partial charge in [-0.3, -0.25) is 4.79 Å². The third-order valence-corrected chi connectivity index (χ3v) is 4.07. The maximum Gasteiger partial charge on any atom is 0.423 e. The van der Waals surface area contributed by atoms with Gasteiger partial charge in [-0.1, -0.05) is 0 Å². The quantitative estimate of drug-likeness (QED) is 0.900. The Labute approximate surface area is 137 Å². The number of nitrogens with two attached hydrogens (primary N) is 1. The average molecular weight is 335 g/mol. The van der Waals surface area contributed by atoms with Crippen LogP contribution < -0.4 is 16.4 Å². The van der Waals surface area contributed by atoms with Crippen molar-refractivity contribution in [2.75, 3.05) is 31.2 Å². The number of benzene rings is 1. The number of carbonyl (C=O) groups excluding carboxylic acids is 1. The molecule has 0 unspecified atom stereocenters. The van der Waals surface area contributed by atoms with Crippen molar-refractivity contribution in [3.63, 3.8) is 0 Å². The van der Waals surface area contributed by atoms with E-state index in [9.17, 15) is 14.0 Å². The molecule has 1 aliphatic heterocycles. The number of hydrogen-bond donors (Lipinski definition) is 1. The Hall–Kier alpha value is -2.61. The summed E-state index contributed by atoms with van der Waals surface area (Å²) in [5.41, 5.74) is 5.99. The number of aromatic nitrogens is 1. The lowest BCUT2D eigenvalue weighted by molar-refractivity contribution is -0.119. The highest BCUT2D eigenvalue weighted by atomic mass is 19.1. The molecule has 0 bridgehead atoms. The van der Waals surface area contributed by atoms with Gasteiger partial charge in [0.1, 0.15) is 11.6 Å². The van der Waals surface area contributed by atoms with Crippen LogP contribution in [0.3, 0.4) is 0 Å². The molecule has 1 fully saturated rings. The minimum Gasteiger partial charge on any atom is -0.412 e. The number of anilines is 1. The lowest BCUT2D eigenvalue weighted by Gasteiger charge is -2.29. The van der Waals surface area contributed by atoms with Crippen LogP contribution in [0, 0.1) is 5.82 Å². The fourth-order valence-corrected chi connectivity index (χ4v) is 2.58. The molecule has 128 valence electrons. The fourth-order valence-electron chi connectivity index (χ4n) is 2.58. The van der Waals surface area contributed by atoms with E-state index in [0.717, 1.165) is 4.57 Å². The summed E-state index contributed by atoms with van der Waals surface area (Å²) < 4.78 is 25.9. The first-order valence-corrected chi connectivity index (χ1v) is 7.61. The van der Waals surface area contributed by atoms with Gasteiger partial charge in [-0.2, -0.15) is 0 Å². The molecule has 2 aromatic rings. The summed E-state index contributed by atoms with van der Waals surface area (Å²) in [6.45, 7) is 3.87. The first-order chi connectivity index (χ1) is 11.5. The molecule has 1 atom stereocenters. The van der Waals surface area contributed by atoms with E-state index in [4.69, 9.17) is 14.9 Å². The summed E-state index contributed by atoms with van der Waals surface area (Å²) in [7, 11) is 0. The van der Waals surface area contributed by atoms with Crippen LogP contribution in [0.25, 0.3) is 5.69 Å². The largest absolute Gasteiger partial charge is 0.423 e. The van der Waals surface area contributed by atoms with E-state index in [2.05, 4.69) is 0 Å². The second-order valence-electron chi connectivity index (χ2n) is 5.63. The van der Waals surface area contributed by atoms with Crippen molar-refractivity contribution >= 4 is 11.6 Å². The summed E-state index contributed by atoms with van der Waals surface area (Å²) in [5.74, 6) is -2.34. The first kappa shape index (κ1) is 16.3. The number of halogens is 1. The molecule has 24 heavy (non-hydrogen) atoms. The van der Waals surface area contributed by atoms with Gasteiger partial charge in [0.25, 0.3) is 0 Å². The molecule has 8 heteroatoms. The summed E-state index contributed by atoms with van der Waals surface area (Å²) in [5, 5.41) is 0. The monoisotopic (exact) mass is 335 g/mol. The molecular weight excluding hydrogens is 317 g/mol. The van der Waals surface area contributed by atoms with Crippen molar-refractivity contribution < 1.29 is 18.3 Å². The van der Waals surface area contributed by atoms with Gasteiger partial charge in [-0.05, 0) is 19.1 Å². The van der Waals surface area contributed by atoms with E-state index < -0.39 is 23.4 Å². The fraction of sp³-hybridized carbons (Fsp3) is 0.375. The van der Waals surface area contributed by atoms with Crippen molar-refractivity contribution in [3.8, 4) is 5.69 Å². The minimum atomic E-state index is -0.739. The SMILES string of the molecule is C[C@@H](C(N)=O)c1cn(-c2ccc(N3CCOCC3)c(F)c2)c(=O)o1. The predicted molar refractivity (Wildman–Crippen MR) is 84.9 cm³/mol. The van der Waals surface area contributed by atoms with E-state index in [1.165, 1.54) is 19.2 Å². The highest BCUT2D eigenvalue weighted by molar-refractivity contribution is 5.80. The Morgan fingerprint density at radius 3 is 2.67 bits per heavy atom. The second-order valence-corrected chi connectivity index (χ2v) is 5.63. The number of morpholine rings is 1. The first-order valence-electron chi connectivity index (χ1n) is 7.61. The number of ether oxygens (including phenoxy) is 1. The van der Waals surface area contributed by atoms with Gasteiger partial charge in [-0.25, -0.2) is 13.8 Å². The van der Waals surface area contributed by atoms with Crippen molar-refractivity contribution in [1.82, 2.24) is 4.57 Å². The molecule has 0 radical (unpaired) electrons. The standard InChI is InChI=1S/C16H18FN3O4/c1-10(15(18)21)14-9-20(16(22)24-14)11-2-3-13(12(17)8-11)19-4-6-23-7-5-19/h2-3,8-10H,4-7H2,1H3,(H2,18,21)/t10-/m1/s1. The number of amides is 1. The van der Waals surface area contributed by atoms with Crippen LogP contribution in [-0.2, 0) is 9.53 Å². The Bertz CT molecular complexity index is 808. The minimum absolute atomic E-state index is 0.144. The van der Waals surface area contributed by atoms with Gasteiger partial charge in [0, 0.05) is 19.2 Å². The number of carbonyl (C=O) groups is 1. The van der Waals surface area contributed by atoms with Crippen LogP contribution >= 0.6 is 0 Å². The predicted octanol–water partition coefficient (Wildman–Crippen LogP) is 0.995. The van der Waals surface area contributed by atoms with Gasteiger partial charge in [0.05, 0.1) is 36.7 Å². The van der Waals surface area contributed by atoms with Gasteiger partial charge in [0.2, 0.25) is 5.91 Å². The van der Waals surface area contributed by atoms with Crippen molar-refractivity contribution in [2.45, 2.75) is 12.8 Å². The van der Waals surface area contributed by atoms with Gasteiger partial charge < -0.3 is 19.8 Å². The Kier molecular flexibility index (Phi) is 4.39. The topological polar surface area (TPSA) is 90.7 Å². The lowest BCUT2D eigenvalue weighted by atomic mass is 10.1. The van der Waals surface area contributed by atoms with Crippen molar-refractivity contribution in [2.24, 2.45) is 5.73 Å². The highest BCUT2D eigenvalue weighted by Crippen LogP contribution is 2.23. The molecule has 1 aromatic heterocycles. The van der Waals surface area contributed by atoms with E-state index in [1.807, 2.05) is 4.90 Å². The normalized spacial score (nSPS) is 16.2. The highest BCUT2D eigenvalue weighted by Gasteiger charge is 2.20. The smallest absolute Gasteiger partial charge is 0.412 e. The molecule has 3 rings (SSSR count). The van der Waals surface area contributed by atoms with E-state index in [0.29, 0.717) is 37.7 Å². The van der Waals surface area contributed by atoms with Crippen LogP contribution in [0.1, 0.15) is 18.6 Å². The van der Waals surface area contributed by atoms with Crippen molar-refractivity contribution in [3.05, 3.63) is 46.5 Å². The van der Waals surface area contributed by atoms with E-state index in [1.54, 1.807) is 12.1 Å². The van der Waals surface area contributed by atoms with Crippen molar-refractivity contribution in [1.29, 1.82) is 0 Å². The van der Waals surface area contributed by atoms with Crippen LogP contribution in [0.2, 0.25) is 0 Å². The van der Waals surface area contributed by atoms with Crippen LogP contribution in [0.4, 0.5) is 10.1 Å². The Morgan fingerprint density at radius 2 is 2.04 bits per heavy atom. The summed E-state index contributed by atoms with van der Waals surface area (Å²) in [4.78, 5) is 25.1. The third-order valence-electron chi connectivity index (χ3n) is 4.07. The molecule has 7 nitrogen and oxygen atoms in total. The maximum atomic E-state index is 14.4. The van der Waals surface area contributed by atoms with Crippen LogP contribution in [0.15, 0.2) is 33.6 Å². The zero-order valence-electron chi connectivity index (χ0n) is 13.2. The summed E-state index contributed by atoms with van der Waals surface area (Å²) in [6, 6.07) is 4.51. The molecular formula is C16H18FN3O4. The number of rotatable bonds is 4. The van der Waals surface area contributed by atoms with Gasteiger partial charge in [-0.15, -0.1) is 0 Å². The Balaban J connectivity index is 1.92. The lowest BCUT2D eigenvalue weighted by Crippen LogP contribution is -2.36. The van der Waals surface area contributed by atoms with Gasteiger partial charge in [0.15, 0.2) is 0 Å². The second kappa shape index (κ2) is 6.48. The molecule has 1 aromatic carbocycles. The molecule has 1 saturated heterocycles. The van der Waals surface area contributed by atoms with E-state index >= 15 is 0 Å². The number of oxazole rings is 1. The molecule has 0 saturated carbocycles. The van der Waals surface area contributed by atoms with Crippen LogP contribution in [0.5, 0.6) is 0 Å². The van der Waals surface area contributed by atoms with Crippen LogP contribution in [-0.4, -0.2) is 36.8 Å². The Morgan fingerprint density at radius 1 is 1.33 bits per heavy atom. The zero-order valence-corrected chi connectivity index (χ0v) is 13.2. The number of hydrogen-bond acceptors (Lipinski definition) is 5.